The van der Waals surface area contributed by atoms with Crippen LogP contribution in [-0.2, 0) is 22.2 Å². The second-order valence-corrected chi connectivity index (χ2v) is 8.55. The summed E-state index contributed by atoms with van der Waals surface area (Å²) in [5.74, 6) is 0.648. The van der Waals surface area contributed by atoms with E-state index in [4.69, 9.17) is 9.39 Å². The maximum atomic E-state index is 12.8. The topological polar surface area (TPSA) is 38.8 Å². The number of carbonyl (C=O) groups excluding carboxylic acids is 1. The maximum absolute atomic E-state index is 12.8. The van der Waals surface area contributed by atoms with E-state index in [1.54, 1.807) is 4.90 Å². The Bertz CT molecular complexity index is 832. The summed E-state index contributed by atoms with van der Waals surface area (Å²) < 4.78 is 12.1. The molecule has 2 aromatic rings. The third-order valence-corrected chi connectivity index (χ3v) is 5.91. The second-order valence-electron chi connectivity index (χ2n) is 8.55. The lowest BCUT2D eigenvalue weighted by Gasteiger charge is -2.28. The number of unbranched alkanes of at least 4 members (excludes halogenated alkanes) is 2. The standard InChI is InChI=1S/C27H36BNO3/c1-3-5-19-28(20-6-4-2)32-26(18-17-23-13-9-7-10-14-23)29-25(22-31-27(29)30)21-24-15-11-8-12-16-24/h7-16,18,25H,3-6,17,19-22H2,1-2H3/b26-18-/t25-/m0/s1. The molecule has 0 saturated carbocycles. The highest BCUT2D eigenvalue weighted by Gasteiger charge is 2.37. The van der Waals surface area contributed by atoms with Gasteiger partial charge in [-0.25, -0.2) is 9.69 Å². The highest BCUT2D eigenvalue weighted by molar-refractivity contribution is 6.52. The van der Waals surface area contributed by atoms with Gasteiger partial charge >= 0.3 is 13.0 Å². The number of hydrogen-bond donors (Lipinski definition) is 0. The predicted octanol–water partition coefficient (Wildman–Crippen LogP) is 6.74. The third-order valence-electron chi connectivity index (χ3n) is 5.91. The number of nitrogens with zero attached hydrogens (tertiary/aromatic N) is 1. The van der Waals surface area contributed by atoms with Gasteiger partial charge in [0.1, 0.15) is 6.61 Å². The zero-order valence-electron chi connectivity index (χ0n) is 19.5. The molecule has 32 heavy (non-hydrogen) atoms. The first-order chi connectivity index (χ1) is 15.7. The number of rotatable bonds is 13. The normalized spacial score (nSPS) is 16.2. The Morgan fingerprint density at radius 1 is 1.00 bits per heavy atom. The summed E-state index contributed by atoms with van der Waals surface area (Å²) in [6, 6.07) is 20.5. The molecule has 1 fully saturated rings. The molecule has 1 amide bonds. The van der Waals surface area contributed by atoms with E-state index >= 15 is 0 Å². The molecule has 0 aromatic heterocycles. The summed E-state index contributed by atoms with van der Waals surface area (Å²) in [5.41, 5.74) is 2.39. The molecule has 1 heterocycles. The molecule has 0 bridgehead atoms. The summed E-state index contributed by atoms with van der Waals surface area (Å²) in [4.78, 5) is 14.6. The fraction of sp³-hybridized carbons (Fsp3) is 0.444. The largest absolute Gasteiger partial charge is 0.549 e. The van der Waals surface area contributed by atoms with Crippen LogP contribution in [0.3, 0.4) is 0 Å². The first kappa shape index (κ1) is 24.0. The van der Waals surface area contributed by atoms with Gasteiger partial charge in [-0.1, -0.05) is 100 Å². The molecule has 0 aliphatic carbocycles. The Hall–Kier alpha value is -2.69. The van der Waals surface area contributed by atoms with Gasteiger partial charge in [0.05, 0.1) is 6.04 Å². The van der Waals surface area contributed by atoms with E-state index in [2.05, 4.69) is 44.2 Å². The van der Waals surface area contributed by atoms with Crippen molar-refractivity contribution in [3.05, 3.63) is 83.7 Å². The summed E-state index contributed by atoms with van der Waals surface area (Å²) in [6.07, 6.45) is 9.74. The zero-order chi connectivity index (χ0) is 22.6. The molecule has 1 saturated heterocycles. The number of benzene rings is 2. The van der Waals surface area contributed by atoms with Crippen LogP contribution in [0.25, 0.3) is 0 Å². The van der Waals surface area contributed by atoms with Crippen molar-refractivity contribution in [2.45, 2.75) is 71.1 Å². The first-order valence-corrected chi connectivity index (χ1v) is 12.1. The predicted molar refractivity (Wildman–Crippen MR) is 132 cm³/mol. The van der Waals surface area contributed by atoms with Crippen molar-refractivity contribution < 1.29 is 14.2 Å². The number of carbonyl (C=O) groups is 1. The lowest BCUT2D eigenvalue weighted by molar-refractivity contribution is 0.151. The second kappa shape index (κ2) is 13.0. The van der Waals surface area contributed by atoms with E-state index in [1.807, 2.05) is 36.4 Å². The minimum Gasteiger partial charge on any atom is -0.549 e. The van der Waals surface area contributed by atoms with E-state index in [1.165, 1.54) is 11.1 Å². The Labute approximate surface area is 193 Å². The van der Waals surface area contributed by atoms with Crippen molar-refractivity contribution in [3.8, 4) is 0 Å². The summed E-state index contributed by atoms with van der Waals surface area (Å²) in [5, 5.41) is 0. The van der Waals surface area contributed by atoms with E-state index in [0.29, 0.717) is 18.9 Å². The number of amides is 1. The lowest BCUT2D eigenvalue weighted by atomic mass is 9.59. The van der Waals surface area contributed by atoms with Gasteiger partial charge in [0.15, 0.2) is 5.88 Å². The molecule has 3 rings (SSSR count). The molecule has 0 radical (unpaired) electrons. The highest BCUT2D eigenvalue weighted by Crippen LogP contribution is 2.26. The number of cyclic esters (lactones) is 1. The number of allylic oxidation sites excluding steroid dienone is 1. The highest BCUT2D eigenvalue weighted by atomic mass is 16.6. The maximum Gasteiger partial charge on any atom is 0.417 e. The minimum atomic E-state index is -0.310. The van der Waals surface area contributed by atoms with Gasteiger partial charge in [-0.05, 0) is 42.7 Å². The SMILES string of the molecule is CCCCB(CCCC)O/C(=C\Cc1ccccc1)N1C(=O)OC[C@@H]1Cc1ccccc1. The van der Waals surface area contributed by atoms with Gasteiger partial charge < -0.3 is 9.39 Å². The fourth-order valence-electron chi connectivity index (χ4n) is 4.09. The first-order valence-electron chi connectivity index (χ1n) is 12.1. The van der Waals surface area contributed by atoms with Crippen molar-refractivity contribution in [3.63, 3.8) is 0 Å². The fourth-order valence-corrected chi connectivity index (χ4v) is 4.09. The van der Waals surface area contributed by atoms with E-state index in [-0.39, 0.29) is 19.1 Å². The molecule has 2 aromatic carbocycles. The molecule has 5 heteroatoms. The van der Waals surface area contributed by atoms with Crippen LogP contribution in [-0.4, -0.2) is 30.6 Å². The molecule has 1 atom stereocenters. The van der Waals surface area contributed by atoms with E-state index < -0.39 is 0 Å². The number of hydrogen-bond acceptors (Lipinski definition) is 3. The minimum absolute atomic E-state index is 0.0649. The van der Waals surface area contributed by atoms with Crippen molar-refractivity contribution in [1.82, 2.24) is 4.90 Å². The summed E-state index contributed by atoms with van der Waals surface area (Å²) in [7, 11) is 0. The van der Waals surface area contributed by atoms with Gasteiger partial charge in [-0.2, -0.15) is 0 Å². The Morgan fingerprint density at radius 2 is 1.59 bits per heavy atom. The molecular weight excluding hydrogens is 397 g/mol. The zero-order valence-corrected chi connectivity index (χ0v) is 19.5. The summed E-state index contributed by atoms with van der Waals surface area (Å²) in [6.45, 7) is 4.91. The Kier molecular flexibility index (Phi) is 9.74. The van der Waals surface area contributed by atoms with Crippen LogP contribution in [0.15, 0.2) is 72.6 Å². The Morgan fingerprint density at radius 3 is 2.19 bits per heavy atom. The quantitative estimate of drug-likeness (QED) is 0.259. The monoisotopic (exact) mass is 433 g/mol. The smallest absolute Gasteiger partial charge is 0.417 e. The van der Waals surface area contributed by atoms with Gasteiger partial charge in [-0.3, -0.25) is 0 Å². The Balaban J connectivity index is 1.83. The van der Waals surface area contributed by atoms with Crippen molar-refractivity contribution in [2.75, 3.05) is 6.61 Å². The van der Waals surface area contributed by atoms with Crippen LogP contribution in [0.2, 0.25) is 12.6 Å². The molecule has 0 N–H and O–H groups in total. The van der Waals surface area contributed by atoms with Crippen LogP contribution < -0.4 is 0 Å². The molecule has 170 valence electrons. The average Bonchev–Trinajstić information content (AvgIpc) is 3.19. The third kappa shape index (κ3) is 7.18. The number of ether oxygens (including phenoxy) is 1. The van der Waals surface area contributed by atoms with Crippen LogP contribution in [0, 0.1) is 0 Å². The molecule has 1 aliphatic heterocycles. The molecule has 0 unspecified atom stereocenters. The van der Waals surface area contributed by atoms with Gasteiger partial charge in [0.25, 0.3) is 0 Å². The van der Waals surface area contributed by atoms with Crippen molar-refractivity contribution in [2.24, 2.45) is 0 Å². The van der Waals surface area contributed by atoms with Gasteiger partial charge in [-0.15, -0.1) is 0 Å². The van der Waals surface area contributed by atoms with Crippen LogP contribution in [0.1, 0.15) is 50.7 Å². The molecule has 4 nitrogen and oxygen atoms in total. The molecule has 0 spiro atoms. The van der Waals surface area contributed by atoms with Crippen LogP contribution >= 0.6 is 0 Å². The molecule has 1 aliphatic rings. The van der Waals surface area contributed by atoms with Crippen molar-refractivity contribution >= 4 is 13.0 Å². The van der Waals surface area contributed by atoms with Crippen molar-refractivity contribution in [1.29, 1.82) is 0 Å². The molecular formula is C27H36BNO3. The lowest BCUT2D eigenvalue weighted by Crippen LogP contribution is -2.37. The van der Waals surface area contributed by atoms with Crippen LogP contribution in [0.4, 0.5) is 4.79 Å². The average molecular weight is 433 g/mol. The van der Waals surface area contributed by atoms with E-state index in [0.717, 1.165) is 44.7 Å². The summed E-state index contributed by atoms with van der Waals surface area (Å²) >= 11 is 0. The van der Waals surface area contributed by atoms with E-state index in [9.17, 15) is 4.79 Å². The van der Waals surface area contributed by atoms with Gasteiger partial charge in [0, 0.05) is 0 Å². The van der Waals surface area contributed by atoms with Crippen LogP contribution in [0.5, 0.6) is 0 Å². The van der Waals surface area contributed by atoms with Gasteiger partial charge in [0.2, 0.25) is 0 Å².